The summed E-state index contributed by atoms with van der Waals surface area (Å²) >= 11 is 0. The zero-order chi connectivity index (χ0) is 10.4. The van der Waals surface area contributed by atoms with Crippen molar-refractivity contribution in [3.8, 4) is 6.07 Å². The van der Waals surface area contributed by atoms with Gasteiger partial charge >= 0.3 is 5.97 Å². The number of carbonyl (C=O) groups excluding carboxylic acids is 1. The second kappa shape index (κ2) is 4.77. The predicted octanol–water partition coefficient (Wildman–Crippen LogP) is 1.40. The van der Waals surface area contributed by atoms with Gasteiger partial charge in [-0.25, -0.2) is 4.79 Å². The molecule has 0 spiro atoms. The van der Waals surface area contributed by atoms with Gasteiger partial charge in [0.05, 0.1) is 24.4 Å². The van der Waals surface area contributed by atoms with E-state index in [9.17, 15) is 4.79 Å². The number of hydrogen-bond acceptors (Lipinski definition) is 4. The largest absolute Gasteiger partial charge is 0.465 e. The van der Waals surface area contributed by atoms with Crippen LogP contribution in [0.15, 0.2) is 24.4 Å². The van der Waals surface area contributed by atoms with Gasteiger partial charge < -0.3 is 4.74 Å². The van der Waals surface area contributed by atoms with Crippen molar-refractivity contribution in [3.63, 3.8) is 0 Å². The topological polar surface area (TPSA) is 63.0 Å². The molecule has 0 aliphatic carbocycles. The number of methoxy groups -OCH3 is 1. The molecule has 0 radical (unpaired) electrons. The van der Waals surface area contributed by atoms with E-state index in [1.54, 1.807) is 18.3 Å². The minimum absolute atomic E-state index is 0.349. The lowest BCUT2D eigenvalue weighted by Crippen LogP contribution is -2.04. The second-order valence-electron chi connectivity index (χ2n) is 2.39. The number of allylic oxidation sites excluding steroid dienone is 1. The highest BCUT2D eigenvalue weighted by Crippen LogP contribution is 2.08. The number of hydrogen-bond donors (Lipinski definition) is 0. The van der Waals surface area contributed by atoms with Crippen LogP contribution in [0.1, 0.15) is 16.1 Å². The summed E-state index contributed by atoms with van der Waals surface area (Å²) in [6, 6.07) is 5.06. The lowest BCUT2D eigenvalue weighted by atomic mass is 10.2. The number of ether oxygens (including phenoxy) is 1. The van der Waals surface area contributed by atoms with Crippen LogP contribution in [0, 0.1) is 11.3 Å². The monoisotopic (exact) mass is 188 g/mol. The van der Waals surface area contributed by atoms with E-state index in [1.807, 2.05) is 6.07 Å². The highest BCUT2D eigenvalue weighted by atomic mass is 16.5. The van der Waals surface area contributed by atoms with Crippen LogP contribution >= 0.6 is 0 Å². The van der Waals surface area contributed by atoms with Crippen LogP contribution < -0.4 is 0 Å². The van der Waals surface area contributed by atoms with E-state index in [2.05, 4.69) is 9.72 Å². The molecule has 14 heavy (non-hydrogen) atoms. The molecule has 1 aromatic heterocycles. The quantitative estimate of drug-likeness (QED) is 0.520. The maximum absolute atomic E-state index is 11.2. The predicted molar refractivity (Wildman–Crippen MR) is 50.2 cm³/mol. The molecule has 0 N–H and O–H groups in total. The van der Waals surface area contributed by atoms with E-state index in [-0.39, 0.29) is 0 Å². The van der Waals surface area contributed by atoms with Crippen LogP contribution in [0.25, 0.3) is 6.08 Å². The third-order valence-electron chi connectivity index (χ3n) is 1.56. The van der Waals surface area contributed by atoms with Gasteiger partial charge in [-0.05, 0) is 18.2 Å². The van der Waals surface area contributed by atoms with Gasteiger partial charge in [-0.3, -0.25) is 4.98 Å². The van der Waals surface area contributed by atoms with Crippen molar-refractivity contribution in [1.29, 1.82) is 5.26 Å². The fourth-order valence-corrected chi connectivity index (χ4v) is 0.949. The lowest BCUT2D eigenvalue weighted by molar-refractivity contribution is 0.0600. The molecule has 1 heterocycles. The Hall–Kier alpha value is -2.15. The fourth-order valence-electron chi connectivity index (χ4n) is 0.949. The Bertz CT molecular complexity index is 405. The number of rotatable bonds is 2. The van der Waals surface area contributed by atoms with Crippen molar-refractivity contribution in [2.45, 2.75) is 0 Å². The molecule has 0 unspecified atom stereocenters. The zero-order valence-corrected chi connectivity index (χ0v) is 7.60. The molecule has 4 nitrogen and oxygen atoms in total. The molecule has 0 amide bonds. The van der Waals surface area contributed by atoms with Crippen LogP contribution in [-0.4, -0.2) is 18.1 Å². The van der Waals surface area contributed by atoms with Crippen LogP contribution in [-0.2, 0) is 4.74 Å². The minimum Gasteiger partial charge on any atom is -0.465 e. The summed E-state index contributed by atoms with van der Waals surface area (Å²) < 4.78 is 4.56. The van der Waals surface area contributed by atoms with E-state index >= 15 is 0 Å². The molecule has 70 valence electrons. The average Bonchev–Trinajstić information content (AvgIpc) is 2.25. The number of nitriles is 1. The van der Waals surface area contributed by atoms with E-state index < -0.39 is 5.97 Å². The highest BCUT2D eigenvalue weighted by Gasteiger charge is 2.09. The summed E-state index contributed by atoms with van der Waals surface area (Å²) in [7, 11) is 1.30. The first kappa shape index (κ1) is 9.93. The summed E-state index contributed by atoms with van der Waals surface area (Å²) in [4.78, 5) is 15.2. The first-order chi connectivity index (χ1) is 6.79. The standard InChI is InChI=1S/C10H8N2O2/c1-14-10(13)8-4-3-7-12-9(8)5-2-6-11/h2-5,7H,1H3. The molecule has 0 saturated heterocycles. The molecule has 0 saturated carbocycles. The van der Waals surface area contributed by atoms with Gasteiger partial charge in [-0.1, -0.05) is 0 Å². The molecule has 0 fully saturated rings. The van der Waals surface area contributed by atoms with Crippen LogP contribution in [0.3, 0.4) is 0 Å². The number of carbonyl (C=O) groups is 1. The molecule has 1 aromatic rings. The number of nitrogens with zero attached hydrogens (tertiary/aromatic N) is 2. The second-order valence-corrected chi connectivity index (χ2v) is 2.39. The molecule has 0 bridgehead atoms. The first-order valence-electron chi connectivity index (χ1n) is 3.89. The van der Waals surface area contributed by atoms with Gasteiger partial charge in [0.2, 0.25) is 0 Å². The molecule has 1 rings (SSSR count). The number of esters is 1. The minimum atomic E-state index is -0.462. The molecule has 0 atom stereocenters. The summed E-state index contributed by atoms with van der Waals surface area (Å²) in [5, 5.41) is 8.33. The maximum Gasteiger partial charge on any atom is 0.340 e. The Kier molecular flexibility index (Phi) is 3.39. The fraction of sp³-hybridized carbons (Fsp3) is 0.100. The number of aromatic nitrogens is 1. The number of pyridine rings is 1. The summed E-state index contributed by atoms with van der Waals surface area (Å²) in [5.41, 5.74) is 0.780. The molecule has 0 aromatic carbocycles. The van der Waals surface area contributed by atoms with Crippen LogP contribution in [0.2, 0.25) is 0 Å². The van der Waals surface area contributed by atoms with Gasteiger partial charge in [-0.2, -0.15) is 5.26 Å². The summed E-state index contributed by atoms with van der Waals surface area (Å²) in [6.07, 6.45) is 4.27. The van der Waals surface area contributed by atoms with Gasteiger partial charge in [0.15, 0.2) is 0 Å². The Morgan fingerprint density at radius 1 is 1.71 bits per heavy atom. The highest BCUT2D eigenvalue weighted by molar-refractivity contribution is 5.92. The van der Waals surface area contributed by atoms with E-state index in [1.165, 1.54) is 19.3 Å². The molecule has 4 heteroatoms. The third-order valence-corrected chi connectivity index (χ3v) is 1.56. The van der Waals surface area contributed by atoms with Crippen LogP contribution in [0.5, 0.6) is 0 Å². The van der Waals surface area contributed by atoms with Gasteiger partial charge in [0.25, 0.3) is 0 Å². The Balaban J connectivity index is 3.10. The van der Waals surface area contributed by atoms with E-state index in [4.69, 9.17) is 5.26 Å². The Morgan fingerprint density at radius 3 is 3.14 bits per heavy atom. The molecule has 0 aliphatic heterocycles. The smallest absolute Gasteiger partial charge is 0.340 e. The molecule has 0 aliphatic rings. The third kappa shape index (κ3) is 2.17. The SMILES string of the molecule is COC(=O)c1cccnc1C=CC#N. The van der Waals surface area contributed by atoms with Crippen molar-refractivity contribution in [3.05, 3.63) is 35.7 Å². The van der Waals surface area contributed by atoms with E-state index in [0.717, 1.165) is 0 Å². The summed E-state index contributed by atoms with van der Waals surface area (Å²) in [6.45, 7) is 0. The van der Waals surface area contributed by atoms with Crippen molar-refractivity contribution in [2.75, 3.05) is 7.11 Å². The Labute approximate surface area is 81.5 Å². The van der Waals surface area contributed by atoms with Gasteiger partial charge in [0.1, 0.15) is 0 Å². The van der Waals surface area contributed by atoms with Crippen molar-refractivity contribution in [2.24, 2.45) is 0 Å². The van der Waals surface area contributed by atoms with E-state index in [0.29, 0.717) is 11.3 Å². The van der Waals surface area contributed by atoms with Gasteiger partial charge in [0, 0.05) is 12.3 Å². The summed E-state index contributed by atoms with van der Waals surface area (Å²) in [5.74, 6) is -0.462. The Morgan fingerprint density at radius 2 is 2.50 bits per heavy atom. The van der Waals surface area contributed by atoms with Gasteiger partial charge in [-0.15, -0.1) is 0 Å². The van der Waals surface area contributed by atoms with Crippen molar-refractivity contribution < 1.29 is 9.53 Å². The maximum atomic E-state index is 11.2. The van der Waals surface area contributed by atoms with Crippen molar-refractivity contribution >= 4 is 12.0 Å². The van der Waals surface area contributed by atoms with Crippen LogP contribution in [0.4, 0.5) is 0 Å². The molecular formula is C10H8N2O2. The molecular weight excluding hydrogens is 180 g/mol. The first-order valence-corrected chi connectivity index (χ1v) is 3.89. The lowest BCUT2D eigenvalue weighted by Gasteiger charge is -2.01. The average molecular weight is 188 g/mol. The van der Waals surface area contributed by atoms with Crippen molar-refractivity contribution in [1.82, 2.24) is 4.98 Å². The normalized spacial score (nSPS) is 9.71. The zero-order valence-electron chi connectivity index (χ0n) is 7.60.